The van der Waals surface area contributed by atoms with Crippen LogP contribution in [0.1, 0.15) is 41.6 Å². The van der Waals surface area contributed by atoms with Crippen molar-refractivity contribution in [3.05, 3.63) is 53.5 Å². The SMILES string of the molecule is CCCCOc1ccc(C(=O)N/N=C\c2ccc(C)o2)cc1. The van der Waals surface area contributed by atoms with Gasteiger partial charge in [0.2, 0.25) is 0 Å². The van der Waals surface area contributed by atoms with Gasteiger partial charge in [0.25, 0.3) is 5.91 Å². The molecule has 0 saturated carbocycles. The summed E-state index contributed by atoms with van der Waals surface area (Å²) in [5.41, 5.74) is 2.98. The van der Waals surface area contributed by atoms with E-state index in [1.165, 1.54) is 6.21 Å². The lowest BCUT2D eigenvalue weighted by molar-refractivity contribution is 0.0955. The average Bonchev–Trinajstić information content (AvgIpc) is 2.93. The molecule has 1 amide bonds. The number of hydrogen-bond donors (Lipinski definition) is 1. The molecule has 1 aromatic heterocycles. The summed E-state index contributed by atoms with van der Waals surface area (Å²) in [4.78, 5) is 11.9. The molecule has 1 aromatic carbocycles. The van der Waals surface area contributed by atoms with Crippen LogP contribution in [0.2, 0.25) is 0 Å². The fourth-order valence-electron chi connectivity index (χ4n) is 1.78. The maximum Gasteiger partial charge on any atom is 0.271 e. The number of nitrogens with one attached hydrogen (secondary N) is 1. The van der Waals surface area contributed by atoms with Crippen LogP contribution >= 0.6 is 0 Å². The second kappa shape index (κ2) is 8.02. The molecule has 1 N–H and O–H groups in total. The highest BCUT2D eigenvalue weighted by atomic mass is 16.5. The van der Waals surface area contributed by atoms with Gasteiger partial charge in [0, 0.05) is 5.56 Å². The normalized spacial score (nSPS) is 10.8. The van der Waals surface area contributed by atoms with Crippen LogP contribution < -0.4 is 10.2 Å². The Balaban J connectivity index is 1.85. The largest absolute Gasteiger partial charge is 0.494 e. The molecule has 2 aromatic rings. The topological polar surface area (TPSA) is 63.8 Å². The summed E-state index contributed by atoms with van der Waals surface area (Å²) in [7, 11) is 0. The van der Waals surface area contributed by atoms with Gasteiger partial charge >= 0.3 is 0 Å². The third kappa shape index (κ3) is 4.77. The molecule has 5 nitrogen and oxygen atoms in total. The molecule has 0 fully saturated rings. The number of aryl methyl sites for hydroxylation is 1. The van der Waals surface area contributed by atoms with E-state index in [2.05, 4.69) is 17.5 Å². The van der Waals surface area contributed by atoms with E-state index in [4.69, 9.17) is 9.15 Å². The van der Waals surface area contributed by atoms with Crippen LogP contribution in [0, 0.1) is 6.92 Å². The summed E-state index contributed by atoms with van der Waals surface area (Å²) in [5, 5.41) is 3.86. The van der Waals surface area contributed by atoms with Crippen LogP contribution in [0.4, 0.5) is 0 Å². The lowest BCUT2D eigenvalue weighted by atomic mass is 10.2. The summed E-state index contributed by atoms with van der Waals surface area (Å²) in [6, 6.07) is 10.6. The predicted octanol–water partition coefficient (Wildman–Crippen LogP) is 3.53. The lowest BCUT2D eigenvalue weighted by Gasteiger charge is -2.05. The standard InChI is InChI=1S/C17H20N2O3/c1-3-4-11-21-15-9-6-14(7-10-15)17(20)19-18-12-16-8-5-13(2)22-16/h5-10,12H,3-4,11H2,1-2H3,(H,19,20)/b18-12-. The molecule has 0 atom stereocenters. The van der Waals surface area contributed by atoms with Gasteiger partial charge in [-0.3, -0.25) is 4.79 Å². The second-order valence-corrected chi connectivity index (χ2v) is 4.87. The molecule has 0 spiro atoms. The quantitative estimate of drug-likeness (QED) is 0.483. The molecule has 0 aliphatic heterocycles. The molecule has 0 aliphatic carbocycles. The summed E-state index contributed by atoms with van der Waals surface area (Å²) in [6.07, 6.45) is 3.57. The van der Waals surface area contributed by atoms with Gasteiger partial charge in [-0.1, -0.05) is 13.3 Å². The van der Waals surface area contributed by atoms with Crippen molar-refractivity contribution in [2.24, 2.45) is 5.10 Å². The number of nitrogens with zero attached hydrogens (tertiary/aromatic N) is 1. The van der Waals surface area contributed by atoms with Crippen molar-refractivity contribution in [2.75, 3.05) is 6.61 Å². The van der Waals surface area contributed by atoms with E-state index in [0.717, 1.165) is 24.4 Å². The number of hydrazone groups is 1. The number of amides is 1. The van der Waals surface area contributed by atoms with Crippen molar-refractivity contribution in [1.82, 2.24) is 5.43 Å². The van der Waals surface area contributed by atoms with E-state index in [1.54, 1.807) is 30.3 Å². The Hall–Kier alpha value is -2.56. The molecule has 22 heavy (non-hydrogen) atoms. The van der Waals surface area contributed by atoms with E-state index in [1.807, 2.05) is 13.0 Å². The van der Waals surface area contributed by atoms with Crippen molar-refractivity contribution < 1.29 is 13.9 Å². The van der Waals surface area contributed by atoms with Gasteiger partial charge in [0.15, 0.2) is 0 Å². The maximum absolute atomic E-state index is 11.9. The highest BCUT2D eigenvalue weighted by Crippen LogP contribution is 2.12. The number of carbonyl (C=O) groups excluding carboxylic acids is 1. The van der Waals surface area contributed by atoms with Gasteiger partial charge in [-0.2, -0.15) is 5.10 Å². The van der Waals surface area contributed by atoms with Crippen molar-refractivity contribution in [3.8, 4) is 5.75 Å². The zero-order chi connectivity index (χ0) is 15.8. The Kier molecular flexibility index (Phi) is 5.77. The lowest BCUT2D eigenvalue weighted by Crippen LogP contribution is -2.17. The fourth-order valence-corrected chi connectivity index (χ4v) is 1.78. The molecular formula is C17H20N2O3. The third-order valence-corrected chi connectivity index (χ3v) is 3.00. The molecule has 0 bridgehead atoms. The first kappa shape index (κ1) is 15.8. The Morgan fingerprint density at radius 2 is 2.05 bits per heavy atom. The summed E-state index contributed by atoms with van der Waals surface area (Å²) >= 11 is 0. The van der Waals surface area contributed by atoms with Gasteiger partial charge in [-0.15, -0.1) is 0 Å². The zero-order valence-corrected chi connectivity index (χ0v) is 12.8. The molecule has 116 valence electrons. The monoisotopic (exact) mass is 300 g/mol. The number of rotatable bonds is 7. The first-order valence-electron chi connectivity index (χ1n) is 7.31. The smallest absolute Gasteiger partial charge is 0.271 e. The number of carbonyl (C=O) groups is 1. The summed E-state index contributed by atoms with van der Waals surface area (Å²) < 4.78 is 10.9. The summed E-state index contributed by atoms with van der Waals surface area (Å²) in [6.45, 7) is 4.65. The van der Waals surface area contributed by atoms with Crippen LogP contribution in [-0.4, -0.2) is 18.7 Å². The predicted molar refractivity (Wildman–Crippen MR) is 85.4 cm³/mol. The van der Waals surface area contributed by atoms with E-state index in [-0.39, 0.29) is 5.91 Å². The number of furan rings is 1. The van der Waals surface area contributed by atoms with Crippen LogP contribution in [-0.2, 0) is 0 Å². The second-order valence-electron chi connectivity index (χ2n) is 4.87. The van der Waals surface area contributed by atoms with E-state index < -0.39 is 0 Å². The molecule has 0 aliphatic rings. The highest BCUT2D eigenvalue weighted by Gasteiger charge is 2.04. The third-order valence-electron chi connectivity index (χ3n) is 3.00. The van der Waals surface area contributed by atoms with Crippen molar-refractivity contribution >= 4 is 12.1 Å². The summed E-state index contributed by atoms with van der Waals surface area (Å²) in [5.74, 6) is 1.88. The molecule has 5 heteroatoms. The van der Waals surface area contributed by atoms with Crippen molar-refractivity contribution in [1.29, 1.82) is 0 Å². The number of hydrogen-bond acceptors (Lipinski definition) is 4. The van der Waals surface area contributed by atoms with E-state index >= 15 is 0 Å². The molecule has 0 unspecified atom stereocenters. The minimum atomic E-state index is -0.278. The van der Waals surface area contributed by atoms with E-state index in [9.17, 15) is 4.79 Å². The van der Waals surface area contributed by atoms with Gasteiger partial charge in [-0.05, 0) is 49.7 Å². The first-order chi connectivity index (χ1) is 10.7. The fraction of sp³-hybridized carbons (Fsp3) is 0.294. The highest BCUT2D eigenvalue weighted by molar-refractivity contribution is 5.94. The van der Waals surface area contributed by atoms with Gasteiger partial charge in [-0.25, -0.2) is 5.43 Å². The van der Waals surface area contributed by atoms with Gasteiger partial charge in [0.05, 0.1) is 12.8 Å². The molecule has 0 radical (unpaired) electrons. The molecule has 2 rings (SSSR count). The van der Waals surface area contributed by atoms with Crippen LogP contribution in [0.15, 0.2) is 45.9 Å². The zero-order valence-electron chi connectivity index (χ0n) is 12.8. The van der Waals surface area contributed by atoms with Crippen molar-refractivity contribution in [3.63, 3.8) is 0 Å². The maximum atomic E-state index is 11.9. The number of benzene rings is 1. The molecule has 1 heterocycles. The Labute approximate surface area is 130 Å². The van der Waals surface area contributed by atoms with Crippen molar-refractivity contribution in [2.45, 2.75) is 26.7 Å². The van der Waals surface area contributed by atoms with Crippen LogP contribution in [0.25, 0.3) is 0 Å². The van der Waals surface area contributed by atoms with Crippen LogP contribution in [0.5, 0.6) is 5.75 Å². The first-order valence-corrected chi connectivity index (χ1v) is 7.31. The molecule has 0 saturated heterocycles. The average molecular weight is 300 g/mol. The minimum absolute atomic E-state index is 0.278. The molecular weight excluding hydrogens is 280 g/mol. The Morgan fingerprint density at radius 1 is 1.27 bits per heavy atom. The van der Waals surface area contributed by atoms with E-state index in [0.29, 0.717) is 17.9 Å². The minimum Gasteiger partial charge on any atom is -0.494 e. The van der Waals surface area contributed by atoms with Crippen LogP contribution in [0.3, 0.4) is 0 Å². The number of ether oxygens (including phenoxy) is 1. The Bertz CT molecular complexity index is 630. The van der Waals surface area contributed by atoms with Gasteiger partial charge in [0.1, 0.15) is 17.3 Å². The Morgan fingerprint density at radius 3 is 2.68 bits per heavy atom. The van der Waals surface area contributed by atoms with Gasteiger partial charge < -0.3 is 9.15 Å². The number of unbranched alkanes of at least 4 members (excludes halogenated alkanes) is 1.